The van der Waals surface area contributed by atoms with Gasteiger partial charge in [-0.25, -0.2) is 5.01 Å². The van der Waals surface area contributed by atoms with E-state index < -0.39 is 12.1 Å². The zero-order chi connectivity index (χ0) is 22.0. The highest BCUT2D eigenvalue weighted by molar-refractivity contribution is 6.03. The summed E-state index contributed by atoms with van der Waals surface area (Å²) in [7, 11) is 3.00. The Morgan fingerprint density at radius 2 is 1.61 bits per heavy atom. The maximum absolute atomic E-state index is 13.4. The molecule has 0 fully saturated rings. The van der Waals surface area contributed by atoms with Crippen LogP contribution in [0.4, 0.5) is 5.69 Å². The summed E-state index contributed by atoms with van der Waals surface area (Å²) in [6.07, 6.45) is 0.606. The third-order valence-electron chi connectivity index (χ3n) is 4.99. The number of nitrogens with one attached hydrogen (secondary N) is 1. The Labute approximate surface area is 179 Å². The second-order valence-electron chi connectivity index (χ2n) is 6.81. The molecular formula is C23H21N3O5. The van der Waals surface area contributed by atoms with Crippen LogP contribution in [-0.4, -0.2) is 41.6 Å². The number of nitrogens with zero attached hydrogens (tertiary/aromatic N) is 2. The van der Waals surface area contributed by atoms with Crippen molar-refractivity contribution in [2.24, 2.45) is 5.10 Å². The number of ether oxygens (including phenoxy) is 2. The minimum Gasteiger partial charge on any atom is -0.508 e. The summed E-state index contributed by atoms with van der Waals surface area (Å²) in [5, 5.41) is 29.3. The van der Waals surface area contributed by atoms with Crippen LogP contribution < -0.4 is 14.8 Å². The number of benzene rings is 3. The lowest BCUT2D eigenvalue weighted by atomic mass is 10.0. The van der Waals surface area contributed by atoms with E-state index >= 15 is 0 Å². The number of amides is 1. The minimum absolute atomic E-state index is 0.0134. The minimum atomic E-state index is -0.790. The Kier molecular flexibility index (Phi) is 5.36. The van der Waals surface area contributed by atoms with Gasteiger partial charge in [0.05, 0.1) is 31.7 Å². The van der Waals surface area contributed by atoms with Gasteiger partial charge in [0.15, 0.2) is 17.7 Å². The van der Waals surface area contributed by atoms with Crippen LogP contribution in [0.25, 0.3) is 0 Å². The molecule has 1 aliphatic heterocycles. The van der Waals surface area contributed by atoms with Crippen LogP contribution in [0.2, 0.25) is 0 Å². The lowest BCUT2D eigenvalue weighted by molar-refractivity contribution is 0.0689. The molecule has 0 saturated heterocycles. The number of anilines is 1. The fraction of sp³-hybridized carbons (Fsp3) is 0.130. The average molecular weight is 419 g/mol. The highest BCUT2D eigenvalue weighted by Crippen LogP contribution is 2.41. The maximum Gasteiger partial charge on any atom is 0.278 e. The number of rotatable bonds is 5. The lowest BCUT2D eigenvalue weighted by Gasteiger charge is -2.35. The molecule has 1 amide bonds. The second kappa shape index (κ2) is 8.27. The fourth-order valence-electron chi connectivity index (χ4n) is 3.39. The molecule has 1 atom stereocenters. The van der Waals surface area contributed by atoms with Crippen molar-refractivity contribution in [2.45, 2.75) is 6.17 Å². The van der Waals surface area contributed by atoms with E-state index in [-0.39, 0.29) is 11.5 Å². The van der Waals surface area contributed by atoms with E-state index in [0.29, 0.717) is 33.9 Å². The summed E-state index contributed by atoms with van der Waals surface area (Å²) in [5.74, 6) is 0.509. The van der Waals surface area contributed by atoms with Crippen LogP contribution in [0.3, 0.4) is 0 Å². The predicted molar refractivity (Wildman–Crippen MR) is 116 cm³/mol. The van der Waals surface area contributed by atoms with Gasteiger partial charge in [0.25, 0.3) is 5.91 Å². The standard InChI is InChI=1S/C23H21N3O5/c1-30-20-11-16-17(12-21(20)31-2)25-22(15-8-4-6-10-19(15)28)26(23(16)29)24-13-14-7-3-5-9-18(14)27/h3-13,22,25,27-28H,1-2H3. The van der Waals surface area contributed by atoms with Crippen molar-refractivity contribution in [3.05, 3.63) is 77.4 Å². The SMILES string of the molecule is COc1cc2c(cc1OC)C(=O)N(N=Cc1ccccc1O)C(c1ccccc1O)N2. The first-order chi connectivity index (χ1) is 15.0. The zero-order valence-electron chi connectivity index (χ0n) is 16.9. The maximum atomic E-state index is 13.4. The highest BCUT2D eigenvalue weighted by atomic mass is 16.5. The van der Waals surface area contributed by atoms with E-state index in [1.807, 2.05) is 0 Å². The number of aromatic hydroxyl groups is 2. The predicted octanol–water partition coefficient (Wildman–Crippen LogP) is 3.72. The van der Waals surface area contributed by atoms with E-state index in [2.05, 4.69) is 10.4 Å². The molecule has 8 nitrogen and oxygen atoms in total. The van der Waals surface area contributed by atoms with Gasteiger partial charge in [-0.1, -0.05) is 30.3 Å². The van der Waals surface area contributed by atoms with Crippen molar-refractivity contribution < 1.29 is 24.5 Å². The molecule has 8 heteroatoms. The van der Waals surface area contributed by atoms with Crippen molar-refractivity contribution in [1.29, 1.82) is 0 Å². The van der Waals surface area contributed by atoms with Crippen LogP contribution >= 0.6 is 0 Å². The number of fused-ring (bicyclic) bond motifs is 1. The van der Waals surface area contributed by atoms with Crippen molar-refractivity contribution in [2.75, 3.05) is 19.5 Å². The Morgan fingerprint density at radius 3 is 2.29 bits per heavy atom. The highest BCUT2D eigenvalue weighted by Gasteiger charge is 2.35. The number of phenolic OH excluding ortho intramolecular Hbond substituents is 2. The normalized spacial score (nSPS) is 15.5. The van der Waals surface area contributed by atoms with E-state index in [1.165, 1.54) is 37.6 Å². The molecule has 0 radical (unpaired) electrons. The first-order valence-electron chi connectivity index (χ1n) is 9.49. The van der Waals surface area contributed by atoms with Crippen molar-refractivity contribution in [3.8, 4) is 23.0 Å². The summed E-state index contributed by atoms with van der Waals surface area (Å²) < 4.78 is 10.7. The van der Waals surface area contributed by atoms with Crippen molar-refractivity contribution in [3.63, 3.8) is 0 Å². The summed E-state index contributed by atoms with van der Waals surface area (Å²) in [5.41, 5.74) is 1.76. The topological polar surface area (TPSA) is 104 Å². The van der Waals surface area contributed by atoms with Gasteiger partial charge in [-0.15, -0.1) is 0 Å². The van der Waals surface area contributed by atoms with Gasteiger partial charge >= 0.3 is 0 Å². The van der Waals surface area contributed by atoms with Gasteiger partial charge in [0.1, 0.15) is 11.5 Å². The first-order valence-corrected chi connectivity index (χ1v) is 9.49. The van der Waals surface area contributed by atoms with E-state index in [9.17, 15) is 15.0 Å². The summed E-state index contributed by atoms with van der Waals surface area (Å²) in [6, 6.07) is 16.6. The van der Waals surface area contributed by atoms with Crippen molar-refractivity contribution >= 4 is 17.8 Å². The molecular weight excluding hydrogens is 398 g/mol. The Morgan fingerprint density at radius 1 is 0.968 bits per heavy atom. The number of phenols is 2. The number of carbonyl (C=O) groups excluding carboxylic acids is 1. The molecule has 0 bridgehead atoms. The first kappa shape index (κ1) is 20.1. The third-order valence-corrected chi connectivity index (χ3v) is 4.99. The van der Waals surface area contributed by atoms with Gasteiger partial charge in [-0.05, 0) is 24.3 Å². The summed E-state index contributed by atoms with van der Waals surface area (Å²) in [6.45, 7) is 0. The van der Waals surface area contributed by atoms with E-state index in [4.69, 9.17) is 9.47 Å². The number of hydrogen-bond donors (Lipinski definition) is 3. The van der Waals surface area contributed by atoms with Gasteiger partial charge in [0, 0.05) is 17.2 Å². The van der Waals surface area contributed by atoms with Gasteiger partial charge in [-0.3, -0.25) is 4.79 Å². The smallest absolute Gasteiger partial charge is 0.278 e. The summed E-state index contributed by atoms with van der Waals surface area (Å²) in [4.78, 5) is 13.4. The molecule has 0 spiro atoms. The molecule has 1 unspecified atom stereocenters. The van der Waals surface area contributed by atoms with E-state index in [1.54, 1.807) is 48.5 Å². The average Bonchev–Trinajstić information content (AvgIpc) is 2.79. The second-order valence-corrected chi connectivity index (χ2v) is 6.81. The lowest BCUT2D eigenvalue weighted by Crippen LogP contribution is -2.39. The molecule has 1 heterocycles. The molecule has 0 saturated carbocycles. The van der Waals surface area contributed by atoms with Crippen LogP contribution in [0.15, 0.2) is 65.8 Å². The molecule has 0 aliphatic carbocycles. The monoisotopic (exact) mass is 419 g/mol. The zero-order valence-corrected chi connectivity index (χ0v) is 16.9. The van der Waals surface area contributed by atoms with Crippen LogP contribution in [0.1, 0.15) is 27.7 Å². The van der Waals surface area contributed by atoms with Crippen molar-refractivity contribution in [1.82, 2.24) is 5.01 Å². The molecule has 0 aromatic heterocycles. The molecule has 158 valence electrons. The largest absolute Gasteiger partial charge is 0.508 e. The molecule has 31 heavy (non-hydrogen) atoms. The molecule has 3 N–H and O–H groups in total. The molecule has 1 aliphatic rings. The van der Waals surface area contributed by atoms with Crippen LogP contribution in [-0.2, 0) is 0 Å². The number of hydrogen-bond acceptors (Lipinski definition) is 7. The third kappa shape index (κ3) is 3.71. The van der Waals surface area contributed by atoms with Crippen LogP contribution in [0.5, 0.6) is 23.0 Å². The Bertz CT molecular complexity index is 1160. The Hall–Kier alpha value is -4.20. The van der Waals surface area contributed by atoms with Gasteiger partial charge in [-0.2, -0.15) is 5.10 Å². The fourth-order valence-corrected chi connectivity index (χ4v) is 3.39. The summed E-state index contributed by atoms with van der Waals surface area (Å²) >= 11 is 0. The number of methoxy groups -OCH3 is 2. The Balaban J connectivity index is 1.83. The van der Waals surface area contributed by atoms with E-state index in [0.717, 1.165) is 0 Å². The quantitative estimate of drug-likeness (QED) is 0.545. The molecule has 3 aromatic carbocycles. The molecule has 3 aromatic rings. The number of hydrazone groups is 1. The van der Waals surface area contributed by atoms with Crippen LogP contribution in [0, 0.1) is 0 Å². The molecule has 4 rings (SSSR count). The van der Waals surface area contributed by atoms with Gasteiger partial charge in [0.2, 0.25) is 0 Å². The number of para-hydroxylation sites is 2. The van der Waals surface area contributed by atoms with Gasteiger partial charge < -0.3 is 25.0 Å². The number of carbonyl (C=O) groups is 1.